The molecule has 0 aliphatic rings. The average molecular weight is 367 g/mol. The monoisotopic (exact) mass is 367 g/mol. The van der Waals surface area contributed by atoms with Crippen LogP contribution in [-0.2, 0) is 4.79 Å². The van der Waals surface area contributed by atoms with E-state index in [1.54, 1.807) is 6.20 Å². The number of hydrogen-bond acceptors (Lipinski definition) is 4. The van der Waals surface area contributed by atoms with Gasteiger partial charge in [-0.2, -0.15) is 0 Å². The number of nitrogens with one attached hydrogen (secondary N) is 1. The van der Waals surface area contributed by atoms with Crippen molar-refractivity contribution < 1.29 is 9.53 Å². The highest BCUT2D eigenvalue weighted by Crippen LogP contribution is 2.22. The minimum atomic E-state index is -0.0555. The van der Waals surface area contributed by atoms with E-state index in [4.69, 9.17) is 4.74 Å². The van der Waals surface area contributed by atoms with E-state index >= 15 is 0 Å². The largest absolute Gasteiger partial charge is 0.494 e. The molecule has 134 valence electrons. The van der Waals surface area contributed by atoms with Crippen molar-refractivity contribution in [3.05, 3.63) is 66.5 Å². The van der Waals surface area contributed by atoms with E-state index in [9.17, 15) is 4.79 Å². The summed E-state index contributed by atoms with van der Waals surface area (Å²) in [7, 11) is 0. The fraction of sp³-hybridized carbons (Fsp3) is 0.200. The molecule has 0 saturated heterocycles. The number of anilines is 1. The standard InChI is InChI=1S/C20H21N3O2S/c1-3-25-18-10-8-17(9-11-18)23-13-12-21-20(23)26-14-19(24)22-16-6-4-15(2)5-7-16/h4-13H,3,14H2,1-2H3,(H,22,24). The van der Waals surface area contributed by atoms with E-state index < -0.39 is 0 Å². The smallest absolute Gasteiger partial charge is 0.234 e. The molecule has 1 N–H and O–H groups in total. The van der Waals surface area contributed by atoms with Crippen LogP contribution in [0.1, 0.15) is 12.5 Å². The summed E-state index contributed by atoms with van der Waals surface area (Å²) < 4.78 is 7.43. The lowest BCUT2D eigenvalue weighted by Gasteiger charge is -2.09. The zero-order valence-electron chi connectivity index (χ0n) is 14.8. The molecule has 0 aliphatic heterocycles. The van der Waals surface area contributed by atoms with Gasteiger partial charge in [0, 0.05) is 23.8 Å². The summed E-state index contributed by atoms with van der Waals surface area (Å²) in [6.45, 7) is 4.62. The Hall–Kier alpha value is -2.73. The van der Waals surface area contributed by atoms with Crippen molar-refractivity contribution in [1.82, 2.24) is 9.55 Å². The predicted octanol–water partition coefficient (Wildman–Crippen LogP) is 4.31. The first-order valence-electron chi connectivity index (χ1n) is 8.41. The molecule has 0 fully saturated rings. The van der Waals surface area contributed by atoms with Crippen LogP contribution in [0.15, 0.2) is 66.1 Å². The van der Waals surface area contributed by atoms with Gasteiger partial charge in [-0.15, -0.1) is 0 Å². The Morgan fingerprint density at radius 3 is 2.58 bits per heavy atom. The summed E-state index contributed by atoms with van der Waals surface area (Å²) in [6.07, 6.45) is 3.62. The SMILES string of the molecule is CCOc1ccc(-n2ccnc2SCC(=O)Nc2ccc(C)cc2)cc1. The summed E-state index contributed by atoms with van der Waals surface area (Å²) >= 11 is 1.40. The predicted molar refractivity (Wildman–Crippen MR) is 105 cm³/mol. The average Bonchev–Trinajstić information content (AvgIpc) is 3.11. The molecule has 0 bridgehead atoms. The fourth-order valence-electron chi connectivity index (χ4n) is 2.43. The van der Waals surface area contributed by atoms with Gasteiger partial charge in [0.1, 0.15) is 5.75 Å². The number of ether oxygens (including phenoxy) is 1. The lowest BCUT2D eigenvalue weighted by Crippen LogP contribution is -2.14. The summed E-state index contributed by atoms with van der Waals surface area (Å²) in [5.74, 6) is 1.07. The number of thioether (sulfide) groups is 1. The number of benzene rings is 2. The van der Waals surface area contributed by atoms with Gasteiger partial charge in [-0.3, -0.25) is 9.36 Å². The van der Waals surface area contributed by atoms with Crippen molar-refractivity contribution in [1.29, 1.82) is 0 Å². The molecule has 3 rings (SSSR count). The highest BCUT2D eigenvalue weighted by molar-refractivity contribution is 7.99. The molecule has 1 amide bonds. The zero-order valence-corrected chi connectivity index (χ0v) is 15.6. The maximum Gasteiger partial charge on any atom is 0.234 e. The van der Waals surface area contributed by atoms with Gasteiger partial charge in [0.25, 0.3) is 0 Å². The van der Waals surface area contributed by atoms with Crippen molar-refractivity contribution in [2.75, 3.05) is 17.7 Å². The van der Waals surface area contributed by atoms with Gasteiger partial charge in [0.05, 0.1) is 12.4 Å². The van der Waals surface area contributed by atoms with Crippen LogP contribution in [0.2, 0.25) is 0 Å². The molecule has 0 unspecified atom stereocenters. The van der Waals surface area contributed by atoms with Gasteiger partial charge < -0.3 is 10.1 Å². The summed E-state index contributed by atoms with van der Waals surface area (Å²) in [6, 6.07) is 15.6. The van der Waals surface area contributed by atoms with Crippen LogP contribution in [0.5, 0.6) is 5.75 Å². The van der Waals surface area contributed by atoms with Crippen LogP contribution in [0.4, 0.5) is 5.69 Å². The van der Waals surface area contributed by atoms with E-state index in [0.717, 1.165) is 27.8 Å². The number of carbonyl (C=O) groups is 1. The Morgan fingerprint density at radius 2 is 1.88 bits per heavy atom. The third-order valence-electron chi connectivity index (χ3n) is 3.70. The number of aryl methyl sites for hydroxylation is 1. The normalized spacial score (nSPS) is 10.5. The Balaban J connectivity index is 1.61. The van der Waals surface area contributed by atoms with Crippen LogP contribution in [-0.4, -0.2) is 27.8 Å². The highest BCUT2D eigenvalue weighted by atomic mass is 32.2. The maximum absolute atomic E-state index is 12.2. The first kappa shape index (κ1) is 18.1. The maximum atomic E-state index is 12.2. The number of hydrogen-bond donors (Lipinski definition) is 1. The van der Waals surface area contributed by atoms with Crippen molar-refractivity contribution in [3.63, 3.8) is 0 Å². The molecule has 26 heavy (non-hydrogen) atoms. The lowest BCUT2D eigenvalue weighted by molar-refractivity contribution is -0.113. The molecular formula is C20H21N3O2S. The zero-order chi connectivity index (χ0) is 18.4. The van der Waals surface area contributed by atoms with Gasteiger partial charge in [-0.1, -0.05) is 29.5 Å². The van der Waals surface area contributed by atoms with E-state index in [2.05, 4.69) is 10.3 Å². The summed E-state index contributed by atoms with van der Waals surface area (Å²) in [4.78, 5) is 16.5. The van der Waals surface area contributed by atoms with E-state index in [1.807, 2.05) is 73.1 Å². The first-order valence-corrected chi connectivity index (χ1v) is 9.40. The first-order chi connectivity index (χ1) is 12.7. The number of amides is 1. The molecule has 0 saturated carbocycles. The van der Waals surface area contributed by atoms with Crippen molar-refractivity contribution in [2.45, 2.75) is 19.0 Å². The summed E-state index contributed by atoms with van der Waals surface area (Å²) in [5, 5.41) is 3.67. The van der Waals surface area contributed by atoms with Crippen LogP contribution in [0.3, 0.4) is 0 Å². The molecule has 3 aromatic rings. The van der Waals surface area contributed by atoms with Gasteiger partial charge in [-0.25, -0.2) is 4.98 Å². The van der Waals surface area contributed by atoms with E-state index in [1.165, 1.54) is 11.8 Å². The topological polar surface area (TPSA) is 56.2 Å². The van der Waals surface area contributed by atoms with Crippen molar-refractivity contribution >= 4 is 23.4 Å². The Labute approximate surface area is 157 Å². The molecular weight excluding hydrogens is 346 g/mol. The molecule has 0 aliphatic carbocycles. The van der Waals surface area contributed by atoms with E-state index in [-0.39, 0.29) is 5.91 Å². The van der Waals surface area contributed by atoms with Crippen LogP contribution >= 0.6 is 11.8 Å². The van der Waals surface area contributed by atoms with Crippen LogP contribution < -0.4 is 10.1 Å². The summed E-state index contributed by atoms with van der Waals surface area (Å²) in [5.41, 5.74) is 2.94. The molecule has 0 atom stereocenters. The van der Waals surface area contributed by atoms with Gasteiger partial charge in [0.2, 0.25) is 5.91 Å². The minimum Gasteiger partial charge on any atom is -0.494 e. The second-order valence-corrected chi connectivity index (χ2v) is 6.65. The Morgan fingerprint density at radius 1 is 1.15 bits per heavy atom. The fourth-order valence-corrected chi connectivity index (χ4v) is 3.20. The molecule has 5 nitrogen and oxygen atoms in total. The molecule has 0 spiro atoms. The van der Waals surface area contributed by atoms with E-state index in [0.29, 0.717) is 12.4 Å². The third kappa shape index (κ3) is 4.67. The molecule has 1 aromatic heterocycles. The molecule has 6 heteroatoms. The Bertz CT molecular complexity index is 858. The van der Waals surface area contributed by atoms with Crippen LogP contribution in [0.25, 0.3) is 5.69 Å². The van der Waals surface area contributed by atoms with Gasteiger partial charge in [0.15, 0.2) is 5.16 Å². The number of aromatic nitrogens is 2. The second-order valence-electron chi connectivity index (χ2n) is 5.71. The number of imidazole rings is 1. The molecule has 2 aromatic carbocycles. The van der Waals surface area contributed by atoms with Crippen molar-refractivity contribution in [2.24, 2.45) is 0 Å². The second kappa shape index (κ2) is 8.58. The number of nitrogens with zero attached hydrogens (tertiary/aromatic N) is 2. The quantitative estimate of drug-likeness (QED) is 0.632. The number of carbonyl (C=O) groups excluding carboxylic acids is 1. The minimum absolute atomic E-state index is 0.0555. The van der Waals surface area contributed by atoms with Gasteiger partial charge in [-0.05, 0) is 50.2 Å². The lowest BCUT2D eigenvalue weighted by atomic mass is 10.2. The number of rotatable bonds is 7. The van der Waals surface area contributed by atoms with Crippen molar-refractivity contribution in [3.8, 4) is 11.4 Å². The Kier molecular flexibility index (Phi) is 5.96. The molecule has 0 radical (unpaired) electrons. The highest BCUT2D eigenvalue weighted by Gasteiger charge is 2.09. The van der Waals surface area contributed by atoms with Gasteiger partial charge >= 0.3 is 0 Å². The third-order valence-corrected chi connectivity index (χ3v) is 4.67. The van der Waals surface area contributed by atoms with Crippen LogP contribution in [0, 0.1) is 6.92 Å². The molecule has 1 heterocycles.